The maximum absolute atomic E-state index is 8.41. The Hall–Kier alpha value is -1.57. The predicted octanol–water partition coefficient (Wildman–Crippen LogP) is 1.08. The highest BCUT2D eigenvalue weighted by atomic mass is 16.5. The molecule has 1 saturated heterocycles. The van der Waals surface area contributed by atoms with Crippen LogP contribution in [-0.4, -0.2) is 25.9 Å². The first-order valence-electron chi connectivity index (χ1n) is 5.28. The Kier molecular flexibility index (Phi) is 3.76. The second kappa shape index (κ2) is 5.50. The van der Waals surface area contributed by atoms with Crippen LogP contribution in [0.25, 0.3) is 0 Å². The summed E-state index contributed by atoms with van der Waals surface area (Å²) in [7, 11) is 0. The molecule has 1 aromatic rings. The lowest BCUT2D eigenvalue weighted by Gasteiger charge is -2.27. The van der Waals surface area contributed by atoms with Gasteiger partial charge in [0, 0.05) is 6.54 Å². The predicted molar refractivity (Wildman–Crippen MR) is 59.0 cm³/mol. The fourth-order valence-electron chi connectivity index (χ4n) is 1.48. The van der Waals surface area contributed by atoms with Gasteiger partial charge >= 0.3 is 0 Å². The second-order valence-corrected chi connectivity index (χ2v) is 3.71. The molecule has 0 radical (unpaired) electrons. The first kappa shape index (κ1) is 10.9. The number of nitrogens with one attached hydrogen (secondary N) is 1. The highest BCUT2D eigenvalue weighted by Gasteiger charge is 2.16. The molecule has 1 aliphatic heterocycles. The van der Waals surface area contributed by atoms with Crippen molar-refractivity contribution in [3.05, 3.63) is 29.8 Å². The Bertz CT molecular complexity index is 383. The van der Waals surface area contributed by atoms with Crippen LogP contribution in [0.1, 0.15) is 5.56 Å². The van der Waals surface area contributed by atoms with Crippen LogP contribution in [0, 0.1) is 11.3 Å². The van der Waals surface area contributed by atoms with E-state index in [1.165, 1.54) is 0 Å². The summed E-state index contributed by atoms with van der Waals surface area (Å²) in [5, 5.41) is 11.8. The van der Waals surface area contributed by atoms with E-state index in [0.717, 1.165) is 31.1 Å². The summed E-state index contributed by atoms with van der Waals surface area (Å²) in [6.07, 6.45) is 0. The number of ether oxygens (including phenoxy) is 2. The van der Waals surface area contributed by atoms with Gasteiger partial charge in [-0.25, -0.2) is 0 Å². The summed E-state index contributed by atoms with van der Waals surface area (Å²) in [5.41, 5.74) is 1.15. The van der Waals surface area contributed by atoms with E-state index in [9.17, 15) is 0 Å². The van der Waals surface area contributed by atoms with Gasteiger partial charge < -0.3 is 14.8 Å². The van der Waals surface area contributed by atoms with E-state index in [2.05, 4.69) is 5.32 Å². The van der Waals surface area contributed by atoms with Crippen molar-refractivity contribution in [2.75, 3.05) is 19.8 Å². The van der Waals surface area contributed by atoms with Gasteiger partial charge in [-0.2, -0.15) is 5.26 Å². The van der Waals surface area contributed by atoms with Crippen LogP contribution in [0.2, 0.25) is 0 Å². The summed E-state index contributed by atoms with van der Waals surface area (Å²) in [5.74, 6) is 0.741. The summed E-state index contributed by atoms with van der Waals surface area (Å²) >= 11 is 0. The molecule has 0 aliphatic carbocycles. The minimum absolute atomic E-state index is 0.0906. The smallest absolute Gasteiger partial charge is 0.174 e. The van der Waals surface area contributed by atoms with Crippen molar-refractivity contribution in [3.8, 4) is 11.8 Å². The molecule has 2 rings (SSSR count). The number of hydrogen-bond donors (Lipinski definition) is 1. The zero-order valence-electron chi connectivity index (χ0n) is 8.98. The minimum atomic E-state index is 0.0906. The molecule has 0 atom stereocenters. The van der Waals surface area contributed by atoms with E-state index < -0.39 is 0 Å². The maximum Gasteiger partial charge on any atom is 0.174 e. The van der Waals surface area contributed by atoms with E-state index in [1.54, 1.807) is 0 Å². The van der Waals surface area contributed by atoms with Crippen LogP contribution in [0.5, 0.6) is 5.75 Å². The number of benzene rings is 1. The summed E-state index contributed by atoms with van der Waals surface area (Å²) in [4.78, 5) is 0. The van der Waals surface area contributed by atoms with Gasteiger partial charge in [-0.3, -0.25) is 0 Å². The highest BCUT2D eigenvalue weighted by molar-refractivity contribution is 5.28. The van der Waals surface area contributed by atoms with Crippen LogP contribution in [0.15, 0.2) is 24.3 Å². The van der Waals surface area contributed by atoms with Crippen LogP contribution in [0.4, 0.5) is 0 Å². The van der Waals surface area contributed by atoms with Gasteiger partial charge in [0.05, 0.1) is 19.3 Å². The fourth-order valence-corrected chi connectivity index (χ4v) is 1.48. The van der Waals surface area contributed by atoms with Gasteiger partial charge in [-0.05, 0) is 17.7 Å². The number of hydrogen-bond acceptors (Lipinski definition) is 4. The molecule has 1 fully saturated rings. The van der Waals surface area contributed by atoms with Gasteiger partial charge in [0.1, 0.15) is 11.8 Å². The largest absolute Gasteiger partial charge is 0.479 e. The third kappa shape index (κ3) is 2.96. The molecule has 1 heterocycles. The fraction of sp³-hybridized carbons (Fsp3) is 0.417. The molecular formula is C12H14N2O2. The third-order valence-corrected chi connectivity index (χ3v) is 2.43. The van der Waals surface area contributed by atoms with Crippen LogP contribution in [0.3, 0.4) is 0 Å². The molecule has 0 bridgehead atoms. The number of rotatable bonds is 5. The van der Waals surface area contributed by atoms with Crippen LogP contribution >= 0.6 is 0 Å². The van der Waals surface area contributed by atoms with Crippen molar-refractivity contribution < 1.29 is 9.47 Å². The van der Waals surface area contributed by atoms with Crippen molar-refractivity contribution in [2.45, 2.75) is 12.6 Å². The lowest BCUT2D eigenvalue weighted by atomic mass is 10.2. The summed E-state index contributed by atoms with van der Waals surface area (Å²) in [6, 6.07) is 10.2. The first-order valence-corrected chi connectivity index (χ1v) is 5.28. The number of nitriles is 1. The van der Waals surface area contributed by atoms with Gasteiger partial charge in [0.15, 0.2) is 6.61 Å². The van der Waals surface area contributed by atoms with Crippen LogP contribution < -0.4 is 10.1 Å². The Labute approximate surface area is 94.8 Å². The quantitative estimate of drug-likeness (QED) is 0.803. The average Bonchev–Trinajstić information content (AvgIpc) is 2.25. The van der Waals surface area contributed by atoms with Crippen molar-refractivity contribution >= 4 is 0 Å². The molecule has 1 aliphatic rings. The molecule has 84 valence electrons. The lowest BCUT2D eigenvalue weighted by molar-refractivity contribution is -0.00578. The second-order valence-electron chi connectivity index (χ2n) is 3.71. The SMILES string of the molecule is N#CCOc1cccc(CNC2COC2)c1. The molecule has 0 aromatic heterocycles. The molecule has 0 amide bonds. The van der Waals surface area contributed by atoms with E-state index in [0.29, 0.717) is 6.04 Å². The Morgan fingerprint density at radius 3 is 3.06 bits per heavy atom. The molecule has 4 heteroatoms. The zero-order chi connectivity index (χ0) is 11.2. The monoisotopic (exact) mass is 218 g/mol. The van der Waals surface area contributed by atoms with Crippen LogP contribution in [-0.2, 0) is 11.3 Å². The summed E-state index contributed by atoms with van der Waals surface area (Å²) < 4.78 is 10.3. The van der Waals surface area contributed by atoms with Gasteiger partial charge in [-0.15, -0.1) is 0 Å². The van der Waals surface area contributed by atoms with E-state index >= 15 is 0 Å². The summed E-state index contributed by atoms with van der Waals surface area (Å²) in [6.45, 7) is 2.49. The molecule has 1 aromatic carbocycles. The van der Waals surface area contributed by atoms with E-state index in [-0.39, 0.29) is 6.61 Å². The topological polar surface area (TPSA) is 54.3 Å². The lowest BCUT2D eigenvalue weighted by Crippen LogP contribution is -2.45. The maximum atomic E-state index is 8.41. The van der Waals surface area contributed by atoms with Crippen molar-refractivity contribution in [1.29, 1.82) is 5.26 Å². The van der Waals surface area contributed by atoms with Gasteiger partial charge in [0.25, 0.3) is 0 Å². The van der Waals surface area contributed by atoms with Crippen molar-refractivity contribution in [3.63, 3.8) is 0 Å². The minimum Gasteiger partial charge on any atom is -0.479 e. The molecule has 0 saturated carbocycles. The molecule has 1 N–H and O–H groups in total. The van der Waals surface area contributed by atoms with Gasteiger partial charge in [0.2, 0.25) is 0 Å². The van der Waals surface area contributed by atoms with Crippen molar-refractivity contribution in [1.82, 2.24) is 5.32 Å². The molecule has 0 spiro atoms. The number of nitrogens with zero attached hydrogens (tertiary/aromatic N) is 1. The third-order valence-electron chi connectivity index (χ3n) is 2.43. The molecule has 0 unspecified atom stereocenters. The molecule has 16 heavy (non-hydrogen) atoms. The van der Waals surface area contributed by atoms with Gasteiger partial charge in [-0.1, -0.05) is 12.1 Å². The first-order chi connectivity index (χ1) is 7.88. The van der Waals surface area contributed by atoms with E-state index in [4.69, 9.17) is 14.7 Å². The molecule has 4 nitrogen and oxygen atoms in total. The Morgan fingerprint density at radius 2 is 2.38 bits per heavy atom. The van der Waals surface area contributed by atoms with Crippen molar-refractivity contribution in [2.24, 2.45) is 0 Å². The zero-order valence-corrected chi connectivity index (χ0v) is 8.98. The average molecular weight is 218 g/mol. The standard InChI is InChI=1S/C12H14N2O2/c13-4-5-16-12-3-1-2-10(6-12)7-14-11-8-15-9-11/h1-3,6,11,14H,5,7-9H2. The molecular weight excluding hydrogens is 204 g/mol. The highest BCUT2D eigenvalue weighted by Crippen LogP contribution is 2.13. The normalized spacial score (nSPS) is 15.2. The Balaban J connectivity index is 1.85. The Morgan fingerprint density at radius 1 is 1.50 bits per heavy atom. The van der Waals surface area contributed by atoms with E-state index in [1.807, 2.05) is 30.3 Å².